The van der Waals surface area contributed by atoms with Crippen LogP contribution in [0.5, 0.6) is 0 Å². The molecule has 0 heterocycles. The second kappa shape index (κ2) is 5.24. The Kier molecular flexibility index (Phi) is 4.05. The molecule has 1 nitrogen and oxygen atoms in total. The van der Waals surface area contributed by atoms with Gasteiger partial charge in [-0.2, -0.15) is 0 Å². The third-order valence-electron chi connectivity index (χ3n) is 3.53. The smallest absolute Gasteiger partial charge is 0.0772 e. The van der Waals surface area contributed by atoms with Gasteiger partial charge in [-0.15, -0.1) is 11.6 Å². The lowest BCUT2D eigenvalue weighted by atomic mass is 9.71. The number of alkyl halides is 1. The van der Waals surface area contributed by atoms with Crippen LogP contribution < -0.4 is 0 Å². The van der Waals surface area contributed by atoms with E-state index in [1.807, 2.05) is 24.3 Å². The van der Waals surface area contributed by atoms with Gasteiger partial charge in [-0.3, -0.25) is 0 Å². The summed E-state index contributed by atoms with van der Waals surface area (Å²) >= 11 is 11.9. The summed E-state index contributed by atoms with van der Waals surface area (Å²) in [5.74, 6) is 0.384. The van der Waals surface area contributed by atoms with Gasteiger partial charge in [-0.05, 0) is 47.1 Å². The SMILES string of the molecule is CC1(C)CC(c2ccc(Cl)cc2)=C(CCl)C(O)C1. The molecule has 1 atom stereocenters. The fourth-order valence-electron chi connectivity index (χ4n) is 2.62. The van der Waals surface area contributed by atoms with Crippen molar-refractivity contribution in [2.24, 2.45) is 5.41 Å². The maximum atomic E-state index is 10.2. The van der Waals surface area contributed by atoms with Crippen LogP contribution in [0.1, 0.15) is 32.3 Å². The van der Waals surface area contributed by atoms with Crippen molar-refractivity contribution in [3.05, 3.63) is 40.4 Å². The highest BCUT2D eigenvalue weighted by atomic mass is 35.5. The topological polar surface area (TPSA) is 20.2 Å². The largest absolute Gasteiger partial charge is 0.389 e. The summed E-state index contributed by atoms with van der Waals surface area (Å²) in [5, 5.41) is 10.9. The molecular formula is C15H18Cl2O. The lowest BCUT2D eigenvalue weighted by Crippen LogP contribution is -2.29. The van der Waals surface area contributed by atoms with Gasteiger partial charge in [0.1, 0.15) is 0 Å². The van der Waals surface area contributed by atoms with E-state index in [4.69, 9.17) is 23.2 Å². The van der Waals surface area contributed by atoms with Gasteiger partial charge >= 0.3 is 0 Å². The quantitative estimate of drug-likeness (QED) is 0.792. The summed E-state index contributed by atoms with van der Waals surface area (Å²) < 4.78 is 0. The minimum atomic E-state index is -0.433. The molecule has 0 aliphatic heterocycles. The average Bonchev–Trinajstić information content (AvgIpc) is 2.28. The Balaban J connectivity index is 2.46. The first-order valence-corrected chi connectivity index (χ1v) is 7.06. The number of aliphatic hydroxyl groups is 1. The molecule has 1 unspecified atom stereocenters. The van der Waals surface area contributed by atoms with Gasteiger partial charge in [0.25, 0.3) is 0 Å². The molecule has 1 aliphatic rings. The summed E-state index contributed by atoms with van der Waals surface area (Å²) in [5.41, 5.74) is 3.34. The van der Waals surface area contributed by atoms with E-state index in [1.54, 1.807) is 0 Å². The van der Waals surface area contributed by atoms with Gasteiger partial charge in [0.05, 0.1) is 6.10 Å². The van der Waals surface area contributed by atoms with Crippen molar-refractivity contribution in [3.8, 4) is 0 Å². The molecule has 0 saturated heterocycles. The van der Waals surface area contributed by atoms with Crippen molar-refractivity contribution in [2.45, 2.75) is 32.8 Å². The van der Waals surface area contributed by atoms with E-state index in [0.717, 1.165) is 29.0 Å². The zero-order chi connectivity index (χ0) is 13.3. The second-order valence-corrected chi connectivity index (χ2v) is 6.41. The number of rotatable bonds is 2. The second-order valence-electron chi connectivity index (χ2n) is 5.71. The summed E-state index contributed by atoms with van der Waals surface area (Å²) in [7, 11) is 0. The Morgan fingerprint density at radius 2 is 1.89 bits per heavy atom. The van der Waals surface area contributed by atoms with Crippen LogP contribution in [0, 0.1) is 5.41 Å². The van der Waals surface area contributed by atoms with Crippen LogP contribution in [-0.2, 0) is 0 Å². The molecular weight excluding hydrogens is 267 g/mol. The molecule has 18 heavy (non-hydrogen) atoms. The third kappa shape index (κ3) is 2.90. The molecule has 0 radical (unpaired) electrons. The van der Waals surface area contributed by atoms with Crippen LogP contribution >= 0.6 is 23.2 Å². The average molecular weight is 285 g/mol. The molecule has 0 spiro atoms. The van der Waals surface area contributed by atoms with E-state index in [9.17, 15) is 5.11 Å². The van der Waals surface area contributed by atoms with Crippen LogP contribution in [0.2, 0.25) is 5.02 Å². The monoisotopic (exact) mass is 284 g/mol. The number of hydrogen-bond donors (Lipinski definition) is 1. The first-order chi connectivity index (χ1) is 8.43. The van der Waals surface area contributed by atoms with E-state index in [-0.39, 0.29) is 5.41 Å². The molecule has 0 amide bonds. The fraction of sp³-hybridized carbons (Fsp3) is 0.467. The minimum absolute atomic E-state index is 0.101. The molecule has 1 aromatic rings. The summed E-state index contributed by atoms with van der Waals surface area (Å²) in [6.07, 6.45) is 1.27. The number of hydrogen-bond acceptors (Lipinski definition) is 1. The van der Waals surface area contributed by atoms with Gasteiger partial charge in [0.15, 0.2) is 0 Å². The Morgan fingerprint density at radius 3 is 2.44 bits per heavy atom. The highest BCUT2D eigenvalue weighted by Gasteiger charge is 2.32. The van der Waals surface area contributed by atoms with Crippen molar-refractivity contribution in [1.82, 2.24) is 0 Å². The zero-order valence-electron chi connectivity index (χ0n) is 10.7. The summed E-state index contributed by atoms with van der Waals surface area (Å²) in [4.78, 5) is 0. The Hall–Kier alpha value is -0.500. The molecule has 0 saturated carbocycles. The van der Waals surface area contributed by atoms with Crippen molar-refractivity contribution < 1.29 is 5.11 Å². The Labute approximate surface area is 118 Å². The molecule has 0 aromatic heterocycles. The number of allylic oxidation sites excluding steroid dienone is 1. The molecule has 1 aliphatic carbocycles. The van der Waals surface area contributed by atoms with E-state index >= 15 is 0 Å². The van der Waals surface area contributed by atoms with Gasteiger partial charge in [-0.25, -0.2) is 0 Å². The van der Waals surface area contributed by atoms with Crippen molar-refractivity contribution >= 4 is 28.8 Å². The molecule has 1 aromatic carbocycles. The Morgan fingerprint density at radius 1 is 1.28 bits per heavy atom. The maximum Gasteiger partial charge on any atom is 0.0772 e. The minimum Gasteiger partial charge on any atom is -0.389 e. The van der Waals surface area contributed by atoms with Crippen LogP contribution in [0.4, 0.5) is 0 Å². The molecule has 0 fully saturated rings. The molecule has 98 valence electrons. The molecule has 3 heteroatoms. The summed E-state index contributed by atoms with van der Waals surface area (Å²) in [6, 6.07) is 7.75. The normalized spacial score (nSPS) is 23.3. The van der Waals surface area contributed by atoms with E-state index in [1.165, 1.54) is 5.57 Å². The fourth-order valence-corrected chi connectivity index (χ4v) is 3.09. The number of benzene rings is 1. The van der Waals surface area contributed by atoms with E-state index in [2.05, 4.69) is 13.8 Å². The highest BCUT2D eigenvalue weighted by Crippen LogP contribution is 2.43. The highest BCUT2D eigenvalue weighted by molar-refractivity contribution is 6.30. The third-order valence-corrected chi connectivity index (χ3v) is 4.07. The lowest BCUT2D eigenvalue weighted by molar-refractivity contribution is 0.136. The molecule has 0 bridgehead atoms. The lowest BCUT2D eigenvalue weighted by Gasteiger charge is -2.36. The van der Waals surface area contributed by atoms with Crippen LogP contribution in [0.15, 0.2) is 29.8 Å². The summed E-state index contributed by atoms with van der Waals surface area (Å²) in [6.45, 7) is 4.36. The van der Waals surface area contributed by atoms with Crippen LogP contribution in [-0.4, -0.2) is 17.1 Å². The van der Waals surface area contributed by atoms with E-state index in [0.29, 0.717) is 5.88 Å². The van der Waals surface area contributed by atoms with E-state index < -0.39 is 6.10 Å². The first kappa shape index (κ1) is 13.9. The zero-order valence-corrected chi connectivity index (χ0v) is 12.2. The van der Waals surface area contributed by atoms with Crippen LogP contribution in [0.25, 0.3) is 5.57 Å². The Bertz CT molecular complexity index is 460. The van der Waals surface area contributed by atoms with Gasteiger partial charge < -0.3 is 5.11 Å². The standard InChI is InChI=1S/C15H18Cl2O/c1-15(2)7-12(13(9-16)14(18)8-15)10-3-5-11(17)6-4-10/h3-6,14,18H,7-9H2,1-2H3. The predicted molar refractivity (Wildman–Crippen MR) is 78.1 cm³/mol. The van der Waals surface area contributed by atoms with Gasteiger partial charge in [0.2, 0.25) is 0 Å². The van der Waals surface area contributed by atoms with Gasteiger partial charge in [0, 0.05) is 10.9 Å². The number of aliphatic hydroxyl groups excluding tert-OH is 1. The maximum absolute atomic E-state index is 10.2. The van der Waals surface area contributed by atoms with Crippen molar-refractivity contribution in [2.75, 3.05) is 5.88 Å². The number of halogens is 2. The van der Waals surface area contributed by atoms with Crippen molar-refractivity contribution in [1.29, 1.82) is 0 Å². The molecule has 2 rings (SSSR count). The van der Waals surface area contributed by atoms with Gasteiger partial charge in [-0.1, -0.05) is 37.6 Å². The van der Waals surface area contributed by atoms with Crippen molar-refractivity contribution in [3.63, 3.8) is 0 Å². The predicted octanol–water partition coefficient (Wildman–Crippen LogP) is 4.51. The molecule has 1 N–H and O–H groups in total. The first-order valence-electron chi connectivity index (χ1n) is 6.15. The van der Waals surface area contributed by atoms with Crippen LogP contribution in [0.3, 0.4) is 0 Å².